The summed E-state index contributed by atoms with van der Waals surface area (Å²) in [7, 11) is 1.74. The standard InChI is InChI=1S/C30H31ClN6O2/c1-3-28(38)33-23-8-4-6-21(18-23)25-9-5-7-22-20-32-30(35-29(22)25)34-27-11-10-24(19-26(27)31)37-14-12-36(13-15-37)16-17-39-2/h3-11,18-20H,1,12-17H2,2H3,(H,33,38)(H,32,34,35). The number of aromatic nitrogens is 2. The first-order valence-corrected chi connectivity index (χ1v) is 13.2. The van der Waals surface area contributed by atoms with Gasteiger partial charge in [-0.25, -0.2) is 9.97 Å². The van der Waals surface area contributed by atoms with E-state index in [2.05, 4.69) is 38.1 Å². The Morgan fingerprint density at radius 2 is 1.92 bits per heavy atom. The highest BCUT2D eigenvalue weighted by molar-refractivity contribution is 6.33. The normalized spacial score (nSPS) is 13.8. The van der Waals surface area contributed by atoms with Crippen LogP contribution in [0.5, 0.6) is 0 Å². The van der Waals surface area contributed by atoms with E-state index >= 15 is 0 Å². The summed E-state index contributed by atoms with van der Waals surface area (Å²) in [6.07, 6.45) is 3.04. The molecule has 5 rings (SSSR count). The Morgan fingerprint density at radius 3 is 2.69 bits per heavy atom. The predicted molar refractivity (Wildman–Crippen MR) is 159 cm³/mol. The van der Waals surface area contributed by atoms with Crippen molar-refractivity contribution in [3.05, 3.63) is 84.5 Å². The van der Waals surface area contributed by atoms with Gasteiger partial charge in [-0.3, -0.25) is 9.69 Å². The highest BCUT2D eigenvalue weighted by atomic mass is 35.5. The minimum absolute atomic E-state index is 0.258. The second-order valence-corrected chi connectivity index (χ2v) is 9.73. The van der Waals surface area contributed by atoms with Crippen molar-refractivity contribution in [3.63, 3.8) is 0 Å². The number of methoxy groups -OCH3 is 1. The Labute approximate surface area is 233 Å². The second kappa shape index (κ2) is 12.3. The van der Waals surface area contributed by atoms with Crippen LogP contribution in [0.3, 0.4) is 0 Å². The quantitative estimate of drug-likeness (QED) is 0.267. The van der Waals surface area contributed by atoms with Crippen molar-refractivity contribution in [2.45, 2.75) is 0 Å². The van der Waals surface area contributed by atoms with E-state index in [1.54, 1.807) is 13.3 Å². The molecule has 1 aliphatic rings. The molecule has 1 aliphatic heterocycles. The Morgan fingerprint density at radius 1 is 1.10 bits per heavy atom. The maximum Gasteiger partial charge on any atom is 0.247 e. The lowest BCUT2D eigenvalue weighted by Crippen LogP contribution is -2.47. The van der Waals surface area contributed by atoms with Gasteiger partial charge in [0.05, 0.1) is 22.8 Å². The Balaban J connectivity index is 1.35. The van der Waals surface area contributed by atoms with Crippen LogP contribution in [0.4, 0.5) is 23.0 Å². The molecule has 8 nitrogen and oxygen atoms in total. The first-order chi connectivity index (χ1) is 19.0. The van der Waals surface area contributed by atoms with Crippen molar-refractivity contribution in [2.24, 2.45) is 0 Å². The van der Waals surface area contributed by atoms with Gasteiger partial charge in [0.15, 0.2) is 0 Å². The number of hydrogen-bond acceptors (Lipinski definition) is 7. The zero-order valence-electron chi connectivity index (χ0n) is 21.9. The lowest BCUT2D eigenvalue weighted by molar-refractivity contribution is -0.111. The van der Waals surface area contributed by atoms with Crippen LogP contribution in [-0.4, -0.2) is 67.2 Å². The fourth-order valence-corrected chi connectivity index (χ4v) is 4.90. The van der Waals surface area contributed by atoms with Crippen molar-refractivity contribution in [2.75, 3.05) is 62.0 Å². The third kappa shape index (κ3) is 6.37. The second-order valence-electron chi connectivity index (χ2n) is 9.32. The smallest absolute Gasteiger partial charge is 0.247 e. The maximum atomic E-state index is 11.8. The number of halogens is 1. The van der Waals surface area contributed by atoms with Crippen molar-refractivity contribution in [1.82, 2.24) is 14.9 Å². The number of anilines is 4. The Bertz CT molecular complexity index is 1490. The monoisotopic (exact) mass is 542 g/mol. The number of rotatable bonds is 9. The Hall–Kier alpha value is -3.98. The van der Waals surface area contributed by atoms with E-state index in [0.29, 0.717) is 16.7 Å². The molecule has 1 fully saturated rings. The van der Waals surface area contributed by atoms with Gasteiger partial charge < -0.3 is 20.3 Å². The molecule has 0 bridgehead atoms. The van der Waals surface area contributed by atoms with Crippen LogP contribution in [0.15, 0.2) is 79.5 Å². The van der Waals surface area contributed by atoms with E-state index in [-0.39, 0.29) is 5.91 Å². The van der Waals surface area contributed by atoms with E-state index < -0.39 is 0 Å². The van der Waals surface area contributed by atoms with Crippen molar-refractivity contribution in [3.8, 4) is 11.1 Å². The number of hydrogen-bond donors (Lipinski definition) is 2. The average Bonchev–Trinajstić information content (AvgIpc) is 2.97. The zero-order valence-corrected chi connectivity index (χ0v) is 22.6. The van der Waals surface area contributed by atoms with Gasteiger partial charge in [0, 0.05) is 68.4 Å². The van der Waals surface area contributed by atoms with Crippen molar-refractivity contribution in [1.29, 1.82) is 0 Å². The number of carbonyl (C=O) groups is 1. The number of benzene rings is 3. The van der Waals surface area contributed by atoms with E-state index in [9.17, 15) is 4.79 Å². The van der Waals surface area contributed by atoms with E-state index in [1.807, 2.05) is 54.6 Å². The molecule has 39 heavy (non-hydrogen) atoms. The average molecular weight is 543 g/mol. The van der Waals surface area contributed by atoms with Crippen LogP contribution in [0, 0.1) is 0 Å². The molecule has 0 radical (unpaired) electrons. The highest BCUT2D eigenvalue weighted by Crippen LogP contribution is 2.32. The molecule has 0 unspecified atom stereocenters. The third-order valence-corrected chi connectivity index (χ3v) is 7.10. The summed E-state index contributed by atoms with van der Waals surface area (Å²) in [5.74, 6) is 0.193. The number of nitrogens with zero attached hydrogens (tertiary/aromatic N) is 4. The third-order valence-electron chi connectivity index (χ3n) is 6.79. The van der Waals surface area contributed by atoms with Crippen LogP contribution >= 0.6 is 11.6 Å². The number of carbonyl (C=O) groups excluding carboxylic acids is 1. The van der Waals surface area contributed by atoms with Crippen LogP contribution in [0.25, 0.3) is 22.0 Å². The molecule has 2 heterocycles. The molecule has 0 aliphatic carbocycles. The molecule has 3 aromatic carbocycles. The van der Waals surface area contributed by atoms with Gasteiger partial charge in [0.2, 0.25) is 11.9 Å². The van der Waals surface area contributed by atoms with E-state index in [0.717, 1.165) is 72.7 Å². The molecule has 2 N–H and O–H groups in total. The summed E-state index contributed by atoms with van der Waals surface area (Å²) in [5.41, 5.74) is 5.18. The summed E-state index contributed by atoms with van der Waals surface area (Å²) in [5, 5.41) is 7.61. The number of ether oxygens (including phenoxy) is 1. The van der Waals surface area contributed by atoms with Crippen LogP contribution < -0.4 is 15.5 Å². The van der Waals surface area contributed by atoms with Gasteiger partial charge in [0.25, 0.3) is 0 Å². The van der Waals surface area contributed by atoms with Gasteiger partial charge in [-0.05, 0) is 42.0 Å². The zero-order chi connectivity index (χ0) is 27.2. The molecular formula is C30H31ClN6O2. The molecule has 1 saturated heterocycles. The number of piperazine rings is 1. The molecule has 0 spiro atoms. The summed E-state index contributed by atoms with van der Waals surface area (Å²) >= 11 is 6.70. The van der Waals surface area contributed by atoms with Crippen molar-refractivity contribution < 1.29 is 9.53 Å². The first-order valence-electron chi connectivity index (χ1n) is 12.9. The molecule has 1 aromatic heterocycles. The Kier molecular flexibility index (Phi) is 8.36. The maximum absolute atomic E-state index is 11.8. The highest BCUT2D eigenvalue weighted by Gasteiger charge is 2.18. The summed E-state index contributed by atoms with van der Waals surface area (Å²) in [4.78, 5) is 25.9. The SMILES string of the molecule is C=CC(=O)Nc1cccc(-c2cccc3cnc(Nc4ccc(N5CCN(CCOC)CC5)cc4Cl)nc23)c1. The van der Waals surface area contributed by atoms with E-state index in [4.69, 9.17) is 21.3 Å². The number of nitrogens with one attached hydrogen (secondary N) is 2. The lowest BCUT2D eigenvalue weighted by atomic mass is 10.0. The summed E-state index contributed by atoms with van der Waals surface area (Å²) < 4.78 is 5.20. The van der Waals surface area contributed by atoms with Crippen LogP contribution in [0.1, 0.15) is 0 Å². The molecule has 1 amide bonds. The number of fused-ring (bicyclic) bond motifs is 1. The summed E-state index contributed by atoms with van der Waals surface area (Å²) in [6.45, 7) is 9.12. The predicted octanol–water partition coefficient (Wildman–Crippen LogP) is 5.59. The minimum Gasteiger partial charge on any atom is -0.383 e. The summed E-state index contributed by atoms with van der Waals surface area (Å²) in [6, 6.07) is 19.6. The fourth-order valence-electron chi connectivity index (χ4n) is 4.68. The molecular weight excluding hydrogens is 512 g/mol. The van der Waals surface area contributed by atoms with Crippen LogP contribution in [0.2, 0.25) is 5.02 Å². The number of para-hydroxylation sites is 1. The molecule has 9 heteroatoms. The van der Waals surface area contributed by atoms with E-state index in [1.165, 1.54) is 6.08 Å². The van der Waals surface area contributed by atoms with Gasteiger partial charge in [-0.2, -0.15) is 0 Å². The van der Waals surface area contributed by atoms with Gasteiger partial charge in [0.1, 0.15) is 0 Å². The molecule has 4 aromatic rings. The van der Waals surface area contributed by atoms with Gasteiger partial charge in [-0.15, -0.1) is 0 Å². The van der Waals surface area contributed by atoms with Crippen LogP contribution in [-0.2, 0) is 9.53 Å². The largest absolute Gasteiger partial charge is 0.383 e. The first kappa shape index (κ1) is 26.6. The fraction of sp³-hybridized carbons (Fsp3) is 0.233. The number of amides is 1. The van der Waals surface area contributed by atoms with Gasteiger partial charge in [-0.1, -0.05) is 48.5 Å². The van der Waals surface area contributed by atoms with Gasteiger partial charge >= 0.3 is 0 Å². The molecule has 0 saturated carbocycles. The van der Waals surface area contributed by atoms with Crippen molar-refractivity contribution >= 4 is 51.4 Å². The minimum atomic E-state index is -0.258. The topological polar surface area (TPSA) is 82.6 Å². The molecule has 200 valence electrons. The molecule has 0 atom stereocenters. The lowest BCUT2D eigenvalue weighted by Gasteiger charge is -2.36.